The highest BCUT2D eigenvalue weighted by Gasteiger charge is 2.28. The Morgan fingerprint density at radius 2 is 1.69 bits per heavy atom. The van der Waals surface area contributed by atoms with Gasteiger partial charge in [0.05, 0.1) is 0 Å². The molecule has 0 radical (unpaired) electrons. The number of hydrogen-bond acceptors (Lipinski definition) is 3. The Balaban J connectivity index is 1.33. The molecule has 3 aliphatic rings. The predicted octanol–water partition coefficient (Wildman–Crippen LogP) is 10.3. The van der Waals surface area contributed by atoms with Gasteiger partial charge in [-0.25, -0.2) is 0 Å². The maximum absolute atomic E-state index is 5.31. The number of likely N-dealkylation sites (tertiary alicyclic amines) is 1. The minimum Gasteiger partial charge on any atom is -0.299 e. The van der Waals surface area contributed by atoms with E-state index in [9.17, 15) is 0 Å². The van der Waals surface area contributed by atoms with Crippen molar-refractivity contribution in [1.29, 1.82) is 0 Å². The number of nitrogens with zero attached hydrogens (tertiary/aromatic N) is 3. The molecule has 2 aliphatic heterocycles. The van der Waals surface area contributed by atoms with Crippen molar-refractivity contribution in [1.82, 2.24) is 9.88 Å². The van der Waals surface area contributed by atoms with Gasteiger partial charge in [0.1, 0.15) is 0 Å². The minimum absolute atomic E-state index is 0.448. The maximum Gasteiger partial charge on any atom is 0.0426 e. The average molecular weight is 570 g/mol. The lowest BCUT2D eigenvalue weighted by Crippen LogP contribution is -2.32. The molecule has 5 rings (SSSR count). The number of rotatable bonds is 7. The fourth-order valence-electron chi connectivity index (χ4n) is 8.17. The van der Waals surface area contributed by atoms with E-state index in [-0.39, 0.29) is 0 Å². The number of aliphatic imine (C=N–C) groups is 1. The van der Waals surface area contributed by atoms with Crippen LogP contribution in [0.15, 0.2) is 41.7 Å². The summed E-state index contributed by atoms with van der Waals surface area (Å²) >= 11 is 0. The van der Waals surface area contributed by atoms with Crippen LogP contribution in [0.5, 0.6) is 0 Å². The third-order valence-corrected chi connectivity index (χ3v) is 10.8. The number of piperidine rings is 1. The summed E-state index contributed by atoms with van der Waals surface area (Å²) in [4.78, 5) is 12.6. The van der Waals surface area contributed by atoms with Crippen molar-refractivity contribution in [2.75, 3.05) is 19.6 Å². The van der Waals surface area contributed by atoms with Gasteiger partial charge in [-0.2, -0.15) is 0 Å². The first-order chi connectivity index (χ1) is 20.1. The molecule has 0 bridgehead atoms. The van der Waals surface area contributed by atoms with Gasteiger partial charge in [-0.3, -0.25) is 14.9 Å². The molecule has 230 valence electrons. The molecule has 0 spiro atoms. The second-order valence-electron chi connectivity index (χ2n) is 15.8. The van der Waals surface area contributed by atoms with E-state index >= 15 is 0 Å². The molecule has 4 atom stereocenters. The minimum atomic E-state index is 0.448. The lowest BCUT2D eigenvalue weighted by Gasteiger charge is -2.30. The van der Waals surface area contributed by atoms with Gasteiger partial charge in [0.15, 0.2) is 0 Å². The Hall–Kier alpha value is -2.00. The van der Waals surface area contributed by atoms with Gasteiger partial charge in [-0.15, -0.1) is 0 Å². The fourth-order valence-corrected chi connectivity index (χ4v) is 8.17. The van der Waals surface area contributed by atoms with Gasteiger partial charge in [-0.05, 0) is 127 Å². The lowest BCUT2D eigenvalue weighted by molar-refractivity contribution is 0.185. The summed E-state index contributed by atoms with van der Waals surface area (Å²) in [5.41, 5.74) is 8.61. The van der Waals surface area contributed by atoms with Crippen molar-refractivity contribution < 1.29 is 0 Å². The summed E-state index contributed by atoms with van der Waals surface area (Å²) in [6.45, 7) is 19.0. The van der Waals surface area contributed by atoms with E-state index in [4.69, 9.17) is 9.98 Å². The molecule has 3 heteroatoms. The SMILES string of the molecule is CC1CCN(Cc2cncc(-c3ccc4c(c3)C(CC(C)C3CCCC(CC(C)(C)C)CC3)=NCCCC4C)c2)CC1. The van der Waals surface area contributed by atoms with Gasteiger partial charge in [0.2, 0.25) is 0 Å². The third kappa shape index (κ3) is 8.55. The van der Waals surface area contributed by atoms with Crippen LogP contribution in [0.25, 0.3) is 11.1 Å². The standard InChI is InChI=1S/C39H59N3/c1-28-16-19-42(20-17-28)27-32-22-35(26-40-25-32)34-14-15-36-29(2)9-8-18-41-38(37(36)23-34)21-30(3)33-11-7-10-31(12-13-33)24-39(4,5)6/h14-15,22-23,25-26,28-31,33H,7-13,16-21,24,27H2,1-6H3. The highest BCUT2D eigenvalue weighted by Crippen LogP contribution is 2.39. The molecule has 1 aromatic carbocycles. The van der Waals surface area contributed by atoms with Gasteiger partial charge in [0.25, 0.3) is 0 Å². The van der Waals surface area contributed by atoms with Crippen molar-refractivity contribution in [2.24, 2.45) is 34.1 Å². The molecule has 2 aromatic rings. The molecule has 4 unspecified atom stereocenters. The summed E-state index contributed by atoms with van der Waals surface area (Å²) in [5.74, 6) is 3.86. The number of hydrogen-bond donors (Lipinski definition) is 0. The largest absolute Gasteiger partial charge is 0.299 e. The Bertz CT molecular complexity index is 1180. The molecule has 1 saturated heterocycles. The summed E-state index contributed by atoms with van der Waals surface area (Å²) in [7, 11) is 0. The van der Waals surface area contributed by atoms with Crippen LogP contribution in [-0.2, 0) is 6.54 Å². The van der Waals surface area contributed by atoms with E-state index in [0.29, 0.717) is 17.3 Å². The number of benzene rings is 1. The van der Waals surface area contributed by atoms with Crippen LogP contribution in [0.4, 0.5) is 0 Å². The van der Waals surface area contributed by atoms with Crippen LogP contribution in [-0.4, -0.2) is 35.2 Å². The topological polar surface area (TPSA) is 28.5 Å². The van der Waals surface area contributed by atoms with Gasteiger partial charge in [-0.1, -0.05) is 79.4 Å². The Morgan fingerprint density at radius 1 is 0.881 bits per heavy atom. The van der Waals surface area contributed by atoms with Crippen molar-refractivity contribution in [2.45, 2.75) is 125 Å². The van der Waals surface area contributed by atoms with Crippen LogP contribution in [0, 0.1) is 29.1 Å². The molecule has 0 amide bonds. The van der Waals surface area contributed by atoms with Crippen molar-refractivity contribution in [3.05, 3.63) is 53.3 Å². The van der Waals surface area contributed by atoms with Crippen molar-refractivity contribution in [3.63, 3.8) is 0 Å². The number of fused-ring (bicyclic) bond motifs is 1. The summed E-state index contributed by atoms with van der Waals surface area (Å²) in [6, 6.07) is 9.63. The summed E-state index contributed by atoms with van der Waals surface area (Å²) in [6.07, 6.45) is 18.7. The van der Waals surface area contributed by atoms with E-state index in [1.807, 2.05) is 0 Å². The number of aromatic nitrogens is 1. The van der Waals surface area contributed by atoms with Crippen LogP contribution < -0.4 is 0 Å². The third-order valence-electron chi connectivity index (χ3n) is 10.8. The quantitative estimate of drug-likeness (QED) is 0.310. The molecule has 42 heavy (non-hydrogen) atoms. The molecule has 1 saturated carbocycles. The van der Waals surface area contributed by atoms with Gasteiger partial charge >= 0.3 is 0 Å². The molecular formula is C39H59N3. The van der Waals surface area contributed by atoms with Crippen molar-refractivity contribution in [3.8, 4) is 11.1 Å². The molecule has 0 N–H and O–H groups in total. The van der Waals surface area contributed by atoms with E-state index in [1.54, 1.807) is 0 Å². The monoisotopic (exact) mass is 569 g/mol. The molecule has 1 aliphatic carbocycles. The molecule has 2 fully saturated rings. The number of pyridine rings is 1. The lowest BCUT2D eigenvalue weighted by atomic mass is 9.79. The highest BCUT2D eigenvalue weighted by molar-refractivity contribution is 6.03. The average Bonchev–Trinajstić information content (AvgIpc) is 3.19. The van der Waals surface area contributed by atoms with Gasteiger partial charge in [0, 0.05) is 36.8 Å². The second kappa shape index (κ2) is 14.2. The zero-order valence-corrected chi connectivity index (χ0v) is 27.8. The predicted molar refractivity (Wildman–Crippen MR) is 180 cm³/mol. The normalized spacial score (nSPS) is 25.6. The fraction of sp³-hybridized carbons (Fsp3) is 0.692. The van der Waals surface area contributed by atoms with E-state index in [2.05, 4.69) is 83.1 Å². The van der Waals surface area contributed by atoms with Gasteiger partial charge < -0.3 is 0 Å². The maximum atomic E-state index is 5.31. The first kappa shape index (κ1) is 31.4. The van der Waals surface area contributed by atoms with E-state index in [0.717, 1.165) is 37.3 Å². The first-order valence-electron chi connectivity index (χ1n) is 17.5. The Kier molecular flexibility index (Phi) is 10.6. The molecule has 1 aromatic heterocycles. The summed E-state index contributed by atoms with van der Waals surface area (Å²) in [5, 5.41) is 0. The van der Waals surface area contributed by atoms with Crippen molar-refractivity contribution >= 4 is 5.71 Å². The zero-order valence-electron chi connectivity index (χ0n) is 27.8. The van der Waals surface area contributed by atoms with Crippen LogP contribution >= 0.6 is 0 Å². The summed E-state index contributed by atoms with van der Waals surface area (Å²) < 4.78 is 0. The smallest absolute Gasteiger partial charge is 0.0426 e. The van der Waals surface area contributed by atoms with Crippen LogP contribution in [0.1, 0.15) is 135 Å². The van der Waals surface area contributed by atoms with E-state index in [1.165, 1.54) is 111 Å². The zero-order chi connectivity index (χ0) is 29.7. The van der Waals surface area contributed by atoms with Crippen LogP contribution in [0.3, 0.4) is 0 Å². The second-order valence-corrected chi connectivity index (χ2v) is 15.8. The Labute approximate surface area is 258 Å². The molecule has 3 nitrogen and oxygen atoms in total. The Morgan fingerprint density at radius 3 is 2.48 bits per heavy atom. The first-order valence-corrected chi connectivity index (χ1v) is 17.5. The molecular weight excluding hydrogens is 510 g/mol. The highest BCUT2D eigenvalue weighted by atomic mass is 15.1. The van der Waals surface area contributed by atoms with E-state index < -0.39 is 0 Å². The molecule has 3 heterocycles. The van der Waals surface area contributed by atoms with Crippen LogP contribution in [0.2, 0.25) is 0 Å².